The molecule has 0 aromatic carbocycles. The number of rotatable bonds is 3. The minimum atomic E-state index is -0.815. The quantitative estimate of drug-likeness (QED) is 0.395. The van der Waals surface area contributed by atoms with Gasteiger partial charge in [-0.1, -0.05) is 0 Å². The molecule has 4 heteroatoms. The number of ether oxygens (including phenoxy) is 1. The van der Waals surface area contributed by atoms with E-state index < -0.39 is 6.29 Å². The first-order valence-electron chi connectivity index (χ1n) is 2.32. The highest BCUT2D eigenvalue weighted by Gasteiger charge is 1.94. The summed E-state index contributed by atoms with van der Waals surface area (Å²) in [5.41, 5.74) is 0. The lowest BCUT2D eigenvalue weighted by atomic mass is 10.8. The van der Waals surface area contributed by atoms with Crippen LogP contribution in [0, 0.1) is 0 Å². The maximum atomic E-state index is 8.44. The molecule has 1 unspecified atom stereocenters. The predicted molar refractivity (Wildman–Crippen MR) is 27.2 cm³/mol. The van der Waals surface area contributed by atoms with E-state index in [9.17, 15) is 0 Å². The Balaban J connectivity index is 2.93. The van der Waals surface area contributed by atoms with Crippen LogP contribution in [0.15, 0.2) is 0 Å². The zero-order chi connectivity index (χ0) is 6.57. The Morgan fingerprint density at radius 1 is 1.75 bits per heavy atom. The summed E-state index contributed by atoms with van der Waals surface area (Å²) in [5.74, 6) is 0. The second-order valence-electron chi connectivity index (χ2n) is 1.55. The summed E-state index contributed by atoms with van der Waals surface area (Å²) in [6, 6.07) is 0. The molecule has 50 valence electrons. The molecule has 0 aliphatic heterocycles. The first-order valence-corrected chi connectivity index (χ1v) is 2.32. The third-order valence-electron chi connectivity index (χ3n) is 0.503. The minimum absolute atomic E-state index is 0.0255. The second kappa shape index (κ2) is 3.80. The third kappa shape index (κ3) is 5.84. The lowest BCUT2D eigenvalue weighted by Crippen LogP contribution is -2.20. The fourth-order valence-corrected chi connectivity index (χ4v) is 0.216. The van der Waals surface area contributed by atoms with Crippen molar-refractivity contribution in [3.8, 4) is 0 Å². The van der Waals surface area contributed by atoms with E-state index in [2.05, 4.69) is 4.74 Å². The number of aliphatic hydroxyl groups is 1. The number of hydroxylamine groups is 2. The molecule has 0 aliphatic rings. The number of nitrogens with zero attached hydrogens (tertiary/aromatic N) is 1. The molecule has 0 amide bonds. The van der Waals surface area contributed by atoms with Crippen LogP contribution in [-0.2, 0) is 4.74 Å². The lowest BCUT2D eigenvalue weighted by Gasteiger charge is -2.09. The summed E-state index contributed by atoms with van der Waals surface area (Å²) >= 11 is 0. The van der Waals surface area contributed by atoms with Crippen LogP contribution in [0.5, 0.6) is 0 Å². The summed E-state index contributed by atoms with van der Waals surface area (Å²) in [5, 5.41) is 17.7. The molecule has 0 saturated carbocycles. The molecule has 0 bridgehead atoms. The molecule has 0 aromatic heterocycles. The Kier molecular flexibility index (Phi) is 3.72. The standard InChI is InChI=1S/C4H11NO3/c1-4(6)8-3-5(2)7/h4,6-7H,3H2,1-2H3. The van der Waals surface area contributed by atoms with Crippen molar-refractivity contribution >= 4 is 0 Å². The van der Waals surface area contributed by atoms with Gasteiger partial charge in [-0.05, 0) is 6.92 Å². The van der Waals surface area contributed by atoms with Crippen LogP contribution in [0.25, 0.3) is 0 Å². The van der Waals surface area contributed by atoms with Gasteiger partial charge < -0.3 is 15.1 Å². The van der Waals surface area contributed by atoms with E-state index in [0.29, 0.717) is 0 Å². The highest BCUT2D eigenvalue weighted by molar-refractivity contribution is 4.20. The van der Waals surface area contributed by atoms with Crippen molar-refractivity contribution in [2.45, 2.75) is 13.2 Å². The van der Waals surface area contributed by atoms with E-state index in [1.807, 2.05) is 0 Å². The monoisotopic (exact) mass is 121 g/mol. The van der Waals surface area contributed by atoms with E-state index in [-0.39, 0.29) is 6.73 Å². The van der Waals surface area contributed by atoms with Gasteiger partial charge in [0.05, 0.1) is 0 Å². The largest absolute Gasteiger partial charge is 0.368 e. The van der Waals surface area contributed by atoms with Crippen LogP contribution in [0.2, 0.25) is 0 Å². The summed E-state index contributed by atoms with van der Waals surface area (Å²) in [6.45, 7) is 1.50. The van der Waals surface area contributed by atoms with Gasteiger partial charge in [0, 0.05) is 7.05 Å². The predicted octanol–water partition coefficient (Wildman–Crippen LogP) is -0.380. The molecule has 0 fully saturated rings. The van der Waals surface area contributed by atoms with Crippen LogP contribution < -0.4 is 0 Å². The minimum Gasteiger partial charge on any atom is -0.368 e. The molecule has 0 heterocycles. The number of aliphatic hydroxyl groups excluding tert-OH is 1. The smallest absolute Gasteiger partial charge is 0.153 e. The van der Waals surface area contributed by atoms with Crippen LogP contribution in [0.4, 0.5) is 0 Å². The van der Waals surface area contributed by atoms with Crippen LogP contribution in [0.3, 0.4) is 0 Å². The fourth-order valence-electron chi connectivity index (χ4n) is 0.216. The average Bonchev–Trinajstić information content (AvgIpc) is 1.61. The lowest BCUT2D eigenvalue weighted by molar-refractivity contribution is -0.195. The maximum absolute atomic E-state index is 8.44. The molecule has 2 N–H and O–H groups in total. The fraction of sp³-hybridized carbons (Fsp3) is 1.00. The third-order valence-corrected chi connectivity index (χ3v) is 0.503. The van der Waals surface area contributed by atoms with Gasteiger partial charge in [0.15, 0.2) is 6.29 Å². The van der Waals surface area contributed by atoms with Gasteiger partial charge in [-0.2, -0.15) is 5.06 Å². The van der Waals surface area contributed by atoms with E-state index in [1.165, 1.54) is 14.0 Å². The van der Waals surface area contributed by atoms with E-state index in [4.69, 9.17) is 10.3 Å². The van der Waals surface area contributed by atoms with Crippen molar-refractivity contribution in [2.75, 3.05) is 13.8 Å². The normalized spacial score (nSPS) is 14.6. The average molecular weight is 121 g/mol. The zero-order valence-corrected chi connectivity index (χ0v) is 5.03. The molecular formula is C4H11NO3. The first kappa shape index (κ1) is 7.84. The van der Waals surface area contributed by atoms with Gasteiger partial charge in [-0.15, -0.1) is 0 Å². The van der Waals surface area contributed by atoms with Gasteiger partial charge in [0.25, 0.3) is 0 Å². The molecule has 8 heavy (non-hydrogen) atoms. The number of hydrogen-bond donors (Lipinski definition) is 2. The Morgan fingerprint density at radius 3 is 2.38 bits per heavy atom. The van der Waals surface area contributed by atoms with Gasteiger partial charge in [0.2, 0.25) is 0 Å². The SMILES string of the molecule is CC(O)OCN(C)O. The van der Waals surface area contributed by atoms with E-state index >= 15 is 0 Å². The molecule has 4 nitrogen and oxygen atoms in total. The summed E-state index contributed by atoms with van der Waals surface area (Å²) in [6.07, 6.45) is -0.815. The van der Waals surface area contributed by atoms with Crippen LogP contribution in [0.1, 0.15) is 6.92 Å². The molecule has 0 saturated heterocycles. The highest BCUT2D eigenvalue weighted by Crippen LogP contribution is 1.83. The Morgan fingerprint density at radius 2 is 2.25 bits per heavy atom. The van der Waals surface area contributed by atoms with Crippen molar-refractivity contribution in [1.29, 1.82) is 0 Å². The maximum Gasteiger partial charge on any atom is 0.153 e. The topological polar surface area (TPSA) is 52.9 Å². The van der Waals surface area contributed by atoms with Gasteiger partial charge in [-0.3, -0.25) is 0 Å². The van der Waals surface area contributed by atoms with Crippen LogP contribution >= 0.6 is 0 Å². The summed E-state index contributed by atoms with van der Waals surface area (Å²) in [4.78, 5) is 0. The summed E-state index contributed by atoms with van der Waals surface area (Å²) < 4.78 is 4.53. The zero-order valence-electron chi connectivity index (χ0n) is 5.03. The molecule has 1 atom stereocenters. The van der Waals surface area contributed by atoms with Crippen molar-refractivity contribution in [3.63, 3.8) is 0 Å². The van der Waals surface area contributed by atoms with Crippen molar-refractivity contribution in [3.05, 3.63) is 0 Å². The molecule has 0 aromatic rings. The van der Waals surface area contributed by atoms with Crippen molar-refractivity contribution in [2.24, 2.45) is 0 Å². The van der Waals surface area contributed by atoms with Crippen molar-refractivity contribution in [1.82, 2.24) is 5.06 Å². The van der Waals surface area contributed by atoms with Gasteiger partial charge in [0.1, 0.15) is 6.73 Å². The van der Waals surface area contributed by atoms with E-state index in [1.54, 1.807) is 0 Å². The van der Waals surface area contributed by atoms with E-state index in [0.717, 1.165) is 5.06 Å². The Labute approximate surface area is 48.2 Å². The molecule has 0 aliphatic carbocycles. The molecule has 0 radical (unpaired) electrons. The Bertz CT molecular complexity index is 47.2. The molecule has 0 spiro atoms. The first-order chi connectivity index (χ1) is 3.63. The van der Waals surface area contributed by atoms with Gasteiger partial charge in [-0.25, -0.2) is 0 Å². The van der Waals surface area contributed by atoms with Crippen molar-refractivity contribution < 1.29 is 15.1 Å². The van der Waals surface area contributed by atoms with Crippen LogP contribution in [-0.4, -0.2) is 35.4 Å². The molecule has 0 rings (SSSR count). The van der Waals surface area contributed by atoms with Gasteiger partial charge >= 0.3 is 0 Å². The summed E-state index contributed by atoms with van der Waals surface area (Å²) in [7, 11) is 1.43. The highest BCUT2D eigenvalue weighted by atomic mass is 16.6. The Hall–Kier alpha value is -0.160. The molecular weight excluding hydrogens is 110 g/mol. The second-order valence-corrected chi connectivity index (χ2v) is 1.55. The number of hydrogen-bond acceptors (Lipinski definition) is 4.